The van der Waals surface area contributed by atoms with E-state index in [-0.39, 0.29) is 11.4 Å². The molecular weight excluding hydrogens is 238 g/mol. The number of nitrogens with one attached hydrogen (secondary N) is 1. The fourth-order valence-electron chi connectivity index (χ4n) is 3.20. The van der Waals surface area contributed by atoms with E-state index in [9.17, 15) is 4.79 Å². The number of carbonyl (C=O) groups excluding carboxylic acids is 1. The van der Waals surface area contributed by atoms with Gasteiger partial charge in [0.05, 0.1) is 5.69 Å². The van der Waals surface area contributed by atoms with Crippen LogP contribution in [0.3, 0.4) is 0 Å². The van der Waals surface area contributed by atoms with Gasteiger partial charge in [0, 0.05) is 37.3 Å². The lowest BCUT2D eigenvalue weighted by atomic mass is 9.86. The molecule has 2 aliphatic rings. The van der Waals surface area contributed by atoms with Crippen LogP contribution in [-0.2, 0) is 11.3 Å². The van der Waals surface area contributed by atoms with Crippen LogP contribution in [0.5, 0.6) is 0 Å². The standard InChI is InChI=1S/C15H21N3O/c1-12-3-2-4-13(16-12)11-18-9-7-15(8-10-18)6-5-14(19)17-15/h2-4H,5-11H2,1H3,(H,17,19). The van der Waals surface area contributed by atoms with Gasteiger partial charge in [0.2, 0.25) is 5.91 Å². The maximum Gasteiger partial charge on any atom is 0.220 e. The molecule has 4 heteroatoms. The number of amides is 1. The lowest BCUT2D eigenvalue weighted by Crippen LogP contribution is -2.50. The third kappa shape index (κ3) is 2.78. The van der Waals surface area contributed by atoms with E-state index in [1.165, 1.54) is 0 Å². The minimum Gasteiger partial charge on any atom is -0.351 e. The van der Waals surface area contributed by atoms with Gasteiger partial charge in [0.1, 0.15) is 0 Å². The number of aromatic nitrogens is 1. The summed E-state index contributed by atoms with van der Waals surface area (Å²) in [5.41, 5.74) is 2.33. The van der Waals surface area contributed by atoms with E-state index >= 15 is 0 Å². The topological polar surface area (TPSA) is 45.2 Å². The van der Waals surface area contributed by atoms with E-state index in [1.807, 2.05) is 13.0 Å². The first-order valence-electron chi connectivity index (χ1n) is 7.11. The summed E-state index contributed by atoms with van der Waals surface area (Å²) in [5, 5.41) is 3.18. The van der Waals surface area contributed by atoms with Crippen LogP contribution >= 0.6 is 0 Å². The van der Waals surface area contributed by atoms with Crippen molar-refractivity contribution in [1.82, 2.24) is 15.2 Å². The maximum atomic E-state index is 11.4. The molecule has 1 amide bonds. The average Bonchev–Trinajstić information content (AvgIpc) is 2.74. The van der Waals surface area contributed by atoms with Gasteiger partial charge in [-0.2, -0.15) is 0 Å². The molecule has 2 aliphatic heterocycles. The molecule has 0 aromatic carbocycles. The zero-order chi connectivity index (χ0) is 13.3. The minimum absolute atomic E-state index is 0.105. The smallest absolute Gasteiger partial charge is 0.220 e. The predicted octanol–water partition coefficient (Wildman–Crippen LogP) is 1.63. The van der Waals surface area contributed by atoms with Crippen LogP contribution in [0.2, 0.25) is 0 Å². The molecule has 2 fully saturated rings. The van der Waals surface area contributed by atoms with E-state index in [0.29, 0.717) is 6.42 Å². The Bertz CT molecular complexity index is 478. The Morgan fingerprint density at radius 1 is 1.32 bits per heavy atom. The molecule has 1 spiro atoms. The highest BCUT2D eigenvalue weighted by Crippen LogP contribution is 2.31. The van der Waals surface area contributed by atoms with Crippen molar-refractivity contribution in [2.24, 2.45) is 0 Å². The summed E-state index contributed by atoms with van der Waals surface area (Å²) in [7, 11) is 0. The number of nitrogens with zero attached hydrogens (tertiary/aromatic N) is 2. The molecule has 0 unspecified atom stereocenters. The molecule has 102 valence electrons. The van der Waals surface area contributed by atoms with Gasteiger partial charge in [-0.15, -0.1) is 0 Å². The Morgan fingerprint density at radius 2 is 2.11 bits per heavy atom. The van der Waals surface area contributed by atoms with E-state index in [1.54, 1.807) is 0 Å². The van der Waals surface area contributed by atoms with E-state index in [0.717, 1.165) is 50.3 Å². The van der Waals surface area contributed by atoms with Crippen LogP contribution < -0.4 is 5.32 Å². The monoisotopic (exact) mass is 259 g/mol. The van der Waals surface area contributed by atoms with Crippen molar-refractivity contribution in [2.75, 3.05) is 13.1 Å². The summed E-state index contributed by atoms with van der Waals surface area (Å²) in [5.74, 6) is 0.230. The molecule has 0 aliphatic carbocycles. The summed E-state index contributed by atoms with van der Waals surface area (Å²) >= 11 is 0. The van der Waals surface area contributed by atoms with E-state index in [4.69, 9.17) is 0 Å². The average molecular weight is 259 g/mol. The Kier molecular flexibility index (Phi) is 3.27. The van der Waals surface area contributed by atoms with Gasteiger partial charge in [-0.3, -0.25) is 14.7 Å². The Hall–Kier alpha value is -1.42. The van der Waals surface area contributed by atoms with Crippen LogP contribution in [-0.4, -0.2) is 34.4 Å². The van der Waals surface area contributed by atoms with Crippen molar-refractivity contribution in [3.05, 3.63) is 29.6 Å². The zero-order valence-corrected chi connectivity index (χ0v) is 11.5. The summed E-state index contributed by atoms with van der Waals surface area (Å²) in [4.78, 5) is 18.4. The number of pyridine rings is 1. The predicted molar refractivity (Wildman–Crippen MR) is 73.6 cm³/mol. The molecule has 4 nitrogen and oxygen atoms in total. The van der Waals surface area contributed by atoms with Gasteiger partial charge < -0.3 is 5.32 Å². The number of carbonyl (C=O) groups is 1. The molecule has 3 rings (SSSR count). The number of aryl methyl sites for hydroxylation is 1. The highest BCUT2D eigenvalue weighted by molar-refractivity contribution is 5.79. The van der Waals surface area contributed by atoms with Crippen LogP contribution in [0.25, 0.3) is 0 Å². The number of hydrogen-bond donors (Lipinski definition) is 1. The molecule has 1 aromatic heterocycles. The quantitative estimate of drug-likeness (QED) is 0.878. The molecule has 1 aromatic rings. The second kappa shape index (κ2) is 4.93. The number of rotatable bonds is 2. The van der Waals surface area contributed by atoms with Gasteiger partial charge in [0.15, 0.2) is 0 Å². The first-order valence-corrected chi connectivity index (χ1v) is 7.11. The summed E-state index contributed by atoms with van der Waals surface area (Å²) in [6, 6.07) is 6.19. The van der Waals surface area contributed by atoms with Gasteiger partial charge in [-0.05, 0) is 38.3 Å². The van der Waals surface area contributed by atoms with Crippen LogP contribution in [0.15, 0.2) is 18.2 Å². The molecule has 0 radical (unpaired) electrons. The van der Waals surface area contributed by atoms with Crippen molar-refractivity contribution < 1.29 is 4.79 Å². The maximum absolute atomic E-state index is 11.4. The van der Waals surface area contributed by atoms with Crippen LogP contribution in [0.1, 0.15) is 37.1 Å². The van der Waals surface area contributed by atoms with Crippen molar-refractivity contribution in [3.8, 4) is 0 Å². The van der Waals surface area contributed by atoms with Crippen molar-refractivity contribution in [2.45, 2.75) is 44.7 Å². The van der Waals surface area contributed by atoms with Crippen LogP contribution in [0, 0.1) is 6.92 Å². The molecule has 1 N–H and O–H groups in total. The van der Waals surface area contributed by atoms with Crippen molar-refractivity contribution in [1.29, 1.82) is 0 Å². The largest absolute Gasteiger partial charge is 0.351 e. The van der Waals surface area contributed by atoms with Gasteiger partial charge in [-0.1, -0.05) is 6.07 Å². The SMILES string of the molecule is Cc1cccc(CN2CCC3(CCC(=O)N3)CC2)n1. The van der Waals surface area contributed by atoms with E-state index < -0.39 is 0 Å². The Balaban J connectivity index is 1.57. The molecular formula is C15H21N3O. The first-order chi connectivity index (χ1) is 9.15. The third-order valence-corrected chi connectivity index (χ3v) is 4.38. The number of piperidine rings is 1. The number of hydrogen-bond acceptors (Lipinski definition) is 3. The highest BCUT2D eigenvalue weighted by atomic mass is 16.2. The Morgan fingerprint density at radius 3 is 2.74 bits per heavy atom. The lowest BCUT2D eigenvalue weighted by Gasteiger charge is -2.39. The van der Waals surface area contributed by atoms with Crippen molar-refractivity contribution >= 4 is 5.91 Å². The summed E-state index contributed by atoms with van der Waals surface area (Å²) in [6.07, 6.45) is 3.87. The minimum atomic E-state index is 0.105. The normalized spacial score (nSPS) is 22.7. The molecule has 0 atom stereocenters. The lowest BCUT2D eigenvalue weighted by molar-refractivity contribution is -0.120. The van der Waals surface area contributed by atoms with Gasteiger partial charge >= 0.3 is 0 Å². The Labute approximate surface area is 114 Å². The highest BCUT2D eigenvalue weighted by Gasteiger charge is 2.39. The molecule has 19 heavy (non-hydrogen) atoms. The van der Waals surface area contributed by atoms with Gasteiger partial charge in [0.25, 0.3) is 0 Å². The summed E-state index contributed by atoms with van der Waals surface area (Å²) < 4.78 is 0. The van der Waals surface area contributed by atoms with Crippen molar-refractivity contribution in [3.63, 3.8) is 0 Å². The second-order valence-electron chi connectivity index (χ2n) is 5.87. The summed E-state index contributed by atoms with van der Waals surface area (Å²) in [6.45, 7) is 5.06. The van der Waals surface area contributed by atoms with Crippen LogP contribution in [0.4, 0.5) is 0 Å². The molecule has 0 bridgehead atoms. The molecule has 0 saturated carbocycles. The second-order valence-corrected chi connectivity index (χ2v) is 5.87. The van der Waals surface area contributed by atoms with Gasteiger partial charge in [-0.25, -0.2) is 0 Å². The van der Waals surface area contributed by atoms with E-state index in [2.05, 4.69) is 27.3 Å². The fraction of sp³-hybridized carbons (Fsp3) is 0.600. The fourth-order valence-corrected chi connectivity index (χ4v) is 3.20. The molecule has 3 heterocycles. The number of likely N-dealkylation sites (tertiary alicyclic amines) is 1. The zero-order valence-electron chi connectivity index (χ0n) is 11.5. The molecule has 2 saturated heterocycles. The first kappa shape index (κ1) is 12.6. The third-order valence-electron chi connectivity index (χ3n) is 4.38.